The molecule has 0 aliphatic rings. The molecule has 0 amide bonds. The maximum Gasteiger partial charge on any atom is 0.328 e. The molecule has 0 fully saturated rings. The number of aryl methyl sites for hydroxylation is 2. The summed E-state index contributed by atoms with van der Waals surface area (Å²) in [6.45, 7) is 4.03. The molecule has 16 heavy (non-hydrogen) atoms. The minimum absolute atomic E-state index is 0.232. The smallest absolute Gasteiger partial charge is 0.328 e. The fraction of sp³-hybridized carbons (Fsp3) is 0.250. The summed E-state index contributed by atoms with van der Waals surface area (Å²) in [6, 6.07) is 3.62. The Morgan fingerprint density at radius 2 is 2.00 bits per heavy atom. The number of carboxylic acid groups (broad SMARTS) is 1. The highest BCUT2D eigenvalue weighted by Crippen LogP contribution is 2.26. The molecule has 0 saturated carbocycles. The van der Waals surface area contributed by atoms with Crippen LogP contribution in [0.3, 0.4) is 0 Å². The van der Waals surface area contributed by atoms with E-state index < -0.39 is 5.97 Å². The van der Waals surface area contributed by atoms with Gasteiger partial charge in [0, 0.05) is 11.1 Å². The van der Waals surface area contributed by atoms with E-state index in [1.54, 1.807) is 0 Å². The Bertz CT molecular complexity index is 401. The van der Waals surface area contributed by atoms with E-state index in [0.29, 0.717) is 5.02 Å². The Morgan fingerprint density at radius 1 is 1.44 bits per heavy atom. The first-order valence-corrected chi connectivity index (χ1v) is 5.17. The molecule has 0 atom stereocenters. The van der Waals surface area contributed by atoms with Crippen LogP contribution < -0.4 is 4.74 Å². The van der Waals surface area contributed by atoms with Crippen molar-refractivity contribution >= 4 is 17.6 Å². The van der Waals surface area contributed by atoms with E-state index in [0.717, 1.165) is 23.0 Å². The Labute approximate surface area is 99.3 Å². The number of rotatable bonds is 4. The maximum absolute atomic E-state index is 10.2. The third-order valence-corrected chi connectivity index (χ3v) is 2.23. The predicted molar refractivity (Wildman–Crippen MR) is 63.2 cm³/mol. The summed E-state index contributed by atoms with van der Waals surface area (Å²) >= 11 is 5.88. The minimum Gasteiger partial charge on any atom is -0.489 e. The van der Waals surface area contributed by atoms with Gasteiger partial charge in [0.15, 0.2) is 0 Å². The van der Waals surface area contributed by atoms with Crippen LogP contribution in [0, 0.1) is 13.8 Å². The lowest BCUT2D eigenvalue weighted by Crippen LogP contribution is -1.99. The lowest BCUT2D eigenvalue weighted by atomic mass is 10.1. The molecule has 0 spiro atoms. The summed E-state index contributed by atoms with van der Waals surface area (Å²) in [7, 11) is 0. The second-order valence-electron chi connectivity index (χ2n) is 3.42. The van der Waals surface area contributed by atoms with Gasteiger partial charge in [-0.15, -0.1) is 0 Å². The molecule has 1 aromatic carbocycles. The summed E-state index contributed by atoms with van der Waals surface area (Å²) in [6.07, 6.45) is 2.51. The first-order valence-electron chi connectivity index (χ1n) is 4.79. The average Bonchev–Trinajstić information content (AvgIpc) is 2.14. The van der Waals surface area contributed by atoms with Crippen LogP contribution in [0.15, 0.2) is 24.3 Å². The van der Waals surface area contributed by atoms with Crippen LogP contribution in [0.2, 0.25) is 5.02 Å². The molecule has 4 heteroatoms. The number of halogens is 1. The van der Waals surface area contributed by atoms with E-state index in [1.165, 1.54) is 6.08 Å². The highest BCUT2D eigenvalue weighted by atomic mass is 35.5. The summed E-state index contributed by atoms with van der Waals surface area (Å²) in [5, 5.41) is 9.07. The number of ether oxygens (including phenoxy) is 1. The SMILES string of the molecule is Cc1cc(Cl)cc(C)c1OCC=CC(=O)O. The molecule has 0 aliphatic carbocycles. The monoisotopic (exact) mass is 240 g/mol. The number of hydrogen-bond acceptors (Lipinski definition) is 2. The number of hydrogen-bond donors (Lipinski definition) is 1. The maximum atomic E-state index is 10.2. The van der Waals surface area contributed by atoms with E-state index in [-0.39, 0.29) is 6.61 Å². The minimum atomic E-state index is -0.979. The van der Waals surface area contributed by atoms with Gasteiger partial charge in [0.25, 0.3) is 0 Å². The van der Waals surface area contributed by atoms with Gasteiger partial charge in [-0.3, -0.25) is 0 Å². The second-order valence-corrected chi connectivity index (χ2v) is 3.86. The van der Waals surface area contributed by atoms with Crippen LogP contribution in [0.4, 0.5) is 0 Å². The molecule has 0 aliphatic heterocycles. The molecule has 86 valence electrons. The van der Waals surface area contributed by atoms with Crippen LogP contribution >= 0.6 is 11.6 Å². The number of carboxylic acids is 1. The molecule has 1 N–H and O–H groups in total. The molecule has 1 rings (SSSR count). The first-order chi connectivity index (χ1) is 7.50. The zero-order valence-electron chi connectivity index (χ0n) is 9.16. The fourth-order valence-corrected chi connectivity index (χ4v) is 1.73. The molecule has 0 radical (unpaired) electrons. The average molecular weight is 241 g/mol. The van der Waals surface area contributed by atoms with E-state index in [9.17, 15) is 4.79 Å². The van der Waals surface area contributed by atoms with Gasteiger partial charge in [-0.1, -0.05) is 11.6 Å². The van der Waals surface area contributed by atoms with Crippen LogP contribution in [0.1, 0.15) is 11.1 Å². The molecule has 0 unspecified atom stereocenters. The lowest BCUT2D eigenvalue weighted by Gasteiger charge is -2.10. The summed E-state index contributed by atoms with van der Waals surface area (Å²) < 4.78 is 5.46. The Kier molecular flexibility index (Phi) is 4.38. The van der Waals surface area contributed by atoms with E-state index in [1.807, 2.05) is 26.0 Å². The van der Waals surface area contributed by atoms with Crippen molar-refractivity contribution in [2.24, 2.45) is 0 Å². The second kappa shape index (κ2) is 5.56. The van der Waals surface area contributed by atoms with Gasteiger partial charge in [0.1, 0.15) is 12.4 Å². The van der Waals surface area contributed by atoms with Gasteiger partial charge >= 0.3 is 5.97 Å². The molecule has 0 saturated heterocycles. The van der Waals surface area contributed by atoms with Crippen molar-refractivity contribution < 1.29 is 14.6 Å². The van der Waals surface area contributed by atoms with Gasteiger partial charge in [-0.2, -0.15) is 0 Å². The van der Waals surface area contributed by atoms with Crippen molar-refractivity contribution in [3.63, 3.8) is 0 Å². The van der Waals surface area contributed by atoms with Crippen molar-refractivity contribution in [1.82, 2.24) is 0 Å². The number of benzene rings is 1. The van der Waals surface area contributed by atoms with Gasteiger partial charge in [0.05, 0.1) is 0 Å². The van der Waals surface area contributed by atoms with E-state index in [2.05, 4.69) is 0 Å². The van der Waals surface area contributed by atoms with Gasteiger partial charge in [-0.25, -0.2) is 4.79 Å². The van der Waals surface area contributed by atoms with Gasteiger partial charge < -0.3 is 9.84 Å². The summed E-state index contributed by atoms with van der Waals surface area (Å²) in [4.78, 5) is 10.2. The molecule has 0 heterocycles. The largest absolute Gasteiger partial charge is 0.489 e. The number of carbonyl (C=O) groups is 1. The Morgan fingerprint density at radius 3 is 2.50 bits per heavy atom. The van der Waals surface area contributed by atoms with Gasteiger partial charge in [-0.05, 0) is 43.2 Å². The predicted octanol–water partition coefficient (Wildman–Crippen LogP) is 2.98. The Balaban J connectivity index is 2.71. The standard InChI is InChI=1S/C12H13ClO3/c1-8-6-10(13)7-9(2)12(8)16-5-3-4-11(14)15/h3-4,6-7H,5H2,1-2H3,(H,14,15). The molecule has 1 aromatic rings. The van der Waals surface area contributed by atoms with Crippen molar-refractivity contribution in [1.29, 1.82) is 0 Å². The van der Waals surface area contributed by atoms with Crippen molar-refractivity contribution in [2.75, 3.05) is 6.61 Å². The third-order valence-electron chi connectivity index (χ3n) is 2.01. The quantitative estimate of drug-likeness (QED) is 0.823. The highest BCUT2D eigenvalue weighted by Gasteiger charge is 2.04. The lowest BCUT2D eigenvalue weighted by molar-refractivity contribution is -0.131. The van der Waals surface area contributed by atoms with Crippen LogP contribution in [0.25, 0.3) is 0 Å². The van der Waals surface area contributed by atoms with Crippen molar-refractivity contribution in [3.05, 3.63) is 40.4 Å². The van der Waals surface area contributed by atoms with Crippen molar-refractivity contribution in [3.8, 4) is 5.75 Å². The number of aliphatic carboxylic acids is 1. The summed E-state index contributed by atoms with van der Waals surface area (Å²) in [5.41, 5.74) is 1.88. The highest BCUT2D eigenvalue weighted by molar-refractivity contribution is 6.30. The first kappa shape index (κ1) is 12.6. The molecular weight excluding hydrogens is 228 g/mol. The van der Waals surface area contributed by atoms with Crippen LogP contribution in [-0.4, -0.2) is 17.7 Å². The zero-order valence-corrected chi connectivity index (χ0v) is 9.91. The van der Waals surface area contributed by atoms with Crippen LogP contribution in [-0.2, 0) is 4.79 Å². The zero-order chi connectivity index (χ0) is 12.1. The Hall–Kier alpha value is -1.48. The fourth-order valence-electron chi connectivity index (χ4n) is 1.41. The normalized spacial score (nSPS) is 10.7. The molecule has 0 aromatic heterocycles. The molecule has 0 bridgehead atoms. The summed E-state index contributed by atoms with van der Waals surface area (Å²) in [5.74, 6) is -0.229. The third kappa shape index (κ3) is 3.59. The topological polar surface area (TPSA) is 46.5 Å². The molecular formula is C12H13ClO3. The van der Waals surface area contributed by atoms with E-state index >= 15 is 0 Å². The van der Waals surface area contributed by atoms with Crippen LogP contribution in [0.5, 0.6) is 5.75 Å². The van der Waals surface area contributed by atoms with Crippen molar-refractivity contribution in [2.45, 2.75) is 13.8 Å². The van der Waals surface area contributed by atoms with Gasteiger partial charge in [0.2, 0.25) is 0 Å². The molecule has 3 nitrogen and oxygen atoms in total. The van der Waals surface area contributed by atoms with E-state index in [4.69, 9.17) is 21.4 Å².